The Morgan fingerprint density at radius 1 is 1.22 bits per heavy atom. The van der Waals surface area contributed by atoms with Crippen molar-refractivity contribution in [1.82, 2.24) is 25.2 Å². The fraction of sp³-hybridized carbons (Fsp3) is 0.350. The maximum atomic E-state index is 13.4. The van der Waals surface area contributed by atoms with Crippen molar-refractivity contribution in [2.24, 2.45) is 0 Å². The van der Waals surface area contributed by atoms with E-state index in [2.05, 4.69) is 26.8 Å². The number of alkyl halides is 3. The normalized spacial score (nSPS) is 18.9. The SMILES string of the molecule is C=CC(=O)N1C[C@@H](C(F)(F)F)O[C@@H](c2cc(Cl)nc(-c3cc(C(=O)NC)nc(C)n3)c2)C1. The van der Waals surface area contributed by atoms with Gasteiger partial charge in [0.05, 0.1) is 24.5 Å². The summed E-state index contributed by atoms with van der Waals surface area (Å²) in [5.74, 6) is -0.797. The first-order valence-electron chi connectivity index (χ1n) is 9.41. The average molecular weight is 470 g/mol. The Balaban J connectivity index is 2.02. The van der Waals surface area contributed by atoms with E-state index in [9.17, 15) is 22.8 Å². The van der Waals surface area contributed by atoms with Crippen molar-refractivity contribution in [1.29, 1.82) is 0 Å². The Kier molecular flexibility index (Phi) is 6.79. The molecule has 0 spiro atoms. The predicted octanol–water partition coefficient (Wildman–Crippen LogP) is 2.88. The number of carbonyl (C=O) groups is 2. The van der Waals surface area contributed by atoms with E-state index in [1.54, 1.807) is 6.92 Å². The molecule has 0 unspecified atom stereocenters. The molecule has 8 nitrogen and oxygen atoms in total. The first kappa shape index (κ1) is 23.6. The second-order valence-electron chi connectivity index (χ2n) is 6.98. The molecular weight excluding hydrogens is 451 g/mol. The molecule has 2 atom stereocenters. The highest BCUT2D eigenvalue weighted by Gasteiger charge is 2.47. The van der Waals surface area contributed by atoms with Gasteiger partial charge >= 0.3 is 6.18 Å². The van der Waals surface area contributed by atoms with Crippen molar-refractivity contribution in [3.05, 3.63) is 53.1 Å². The standard InChI is InChI=1S/C20H19ClF3N5O3/c1-4-18(30)29-8-15(32-16(9-29)20(22,23)24)11-5-12(28-17(21)6-11)13-7-14(19(31)25-3)27-10(2)26-13/h4-7,15-16H,1,8-9H2,2-3H3,(H,25,31)/t15-,16+/m1/s1. The van der Waals surface area contributed by atoms with Gasteiger partial charge in [0.25, 0.3) is 5.91 Å². The van der Waals surface area contributed by atoms with Gasteiger partial charge in [-0.3, -0.25) is 9.59 Å². The Morgan fingerprint density at radius 3 is 2.53 bits per heavy atom. The molecule has 32 heavy (non-hydrogen) atoms. The van der Waals surface area contributed by atoms with Crippen LogP contribution in [0.3, 0.4) is 0 Å². The number of nitrogens with one attached hydrogen (secondary N) is 1. The molecule has 1 fully saturated rings. The lowest BCUT2D eigenvalue weighted by atomic mass is 10.0. The van der Waals surface area contributed by atoms with Crippen LogP contribution in [-0.4, -0.2) is 64.1 Å². The largest absolute Gasteiger partial charge is 0.416 e. The first-order chi connectivity index (χ1) is 15.0. The number of hydrogen-bond acceptors (Lipinski definition) is 6. The van der Waals surface area contributed by atoms with E-state index in [1.165, 1.54) is 25.2 Å². The number of amides is 2. The molecule has 0 aromatic carbocycles. The maximum Gasteiger partial charge on any atom is 0.416 e. The van der Waals surface area contributed by atoms with Gasteiger partial charge < -0.3 is 15.0 Å². The van der Waals surface area contributed by atoms with Crippen molar-refractivity contribution in [3.8, 4) is 11.4 Å². The summed E-state index contributed by atoms with van der Waals surface area (Å²) in [6.45, 7) is 4.14. The molecule has 3 heterocycles. The number of ether oxygens (including phenoxy) is 1. The number of nitrogens with zero attached hydrogens (tertiary/aromatic N) is 4. The Morgan fingerprint density at radius 2 is 1.91 bits per heavy atom. The lowest BCUT2D eigenvalue weighted by molar-refractivity contribution is -0.253. The molecule has 0 radical (unpaired) electrons. The number of rotatable bonds is 4. The van der Waals surface area contributed by atoms with Crippen LogP contribution in [0.5, 0.6) is 0 Å². The van der Waals surface area contributed by atoms with Gasteiger partial charge in [0.15, 0.2) is 6.10 Å². The van der Waals surface area contributed by atoms with Crippen molar-refractivity contribution in [3.63, 3.8) is 0 Å². The predicted molar refractivity (Wildman–Crippen MR) is 109 cm³/mol. The number of carbonyl (C=O) groups excluding carboxylic acids is 2. The molecule has 2 amide bonds. The van der Waals surface area contributed by atoms with E-state index >= 15 is 0 Å². The minimum absolute atomic E-state index is 0.0189. The quantitative estimate of drug-likeness (QED) is 0.546. The summed E-state index contributed by atoms with van der Waals surface area (Å²) in [7, 11) is 1.45. The van der Waals surface area contributed by atoms with Crippen LogP contribution < -0.4 is 5.32 Å². The highest BCUT2D eigenvalue weighted by atomic mass is 35.5. The van der Waals surface area contributed by atoms with Crippen LogP contribution in [0.15, 0.2) is 30.9 Å². The smallest absolute Gasteiger partial charge is 0.357 e. The lowest BCUT2D eigenvalue weighted by Crippen LogP contribution is -2.51. The number of halogens is 4. The highest BCUT2D eigenvalue weighted by molar-refractivity contribution is 6.29. The zero-order chi connectivity index (χ0) is 23.6. The molecule has 1 aliphatic rings. The van der Waals surface area contributed by atoms with Crippen molar-refractivity contribution in [2.45, 2.75) is 25.3 Å². The summed E-state index contributed by atoms with van der Waals surface area (Å²) in [4.78, 5) is 37.5. The van der Waals surface area contributed by atoms with Gasteiger partial charge in [0, 0.05) is 7.05 Å². The monoisotopic (exact) mass is 469 g/mol. The molecule has 0 bridgehead atoms. The van der Waals surface area contributed by atoms with E-state index in [0.717, 1.165) is 11.0 Å². The molecule has 0 aliphatic carbocycles. The van der Waals surface area contributed by atoms with Gasteiger partial charge in [0.2, 0.25) is 5.91 Å². The fourth-order valence-electron chi connectivity index (χ4n) is 3.21. The number of pyridine rings is 1. The van der Waals surface area contributed by atoms with Gasteiger partial charge in [-0.25, -0.2) is 15.0 Å². The van der Waals surface area contributed by atoms with Gasteiger partial charge in [-0.15, -0.1) is 0 Å². The van der Waals surface area contributed by atoms with Gasteiger partial charge in [-0.2, -0.15) is 13.2 Å². The molecule has 0 saturated carbocycles. The van der Waals surface area contributed by atoms with E-state index in [-0.39, 0.29) is 34.3 Å². The first-order valence-corrected chi connectivity index (χ1v) is 9.78. The molecule has 2 aromatic rings. The van der Waals surface area contributed by atoms with Gasteiger partial charge in [-0.05, 0) is 36.8 Å². The van der Waals surface area contributed by atoms with Crippen LogP contribution in [-0.2, 0) is 9.53 Å². The maximum absolute atomic E-state index is 13.4. The highest BCUT2D eigenvalue weighted by Crippen LogP contribution is 2.35. The zero-order valence-electron chi connectivity index (χ0n) is 17.1. The van der Waals surface area contributed by atoms with E-state index in [4.69, 9.17) is 16.3 Å². The summed E-state index contributed by atoms with van der Waals surface area (Å²) in [6, 6.07) is 4.21. The molecule has 1 aliphatic heterocycles. The van der Waals surface area contributed by atoms with Crippen LogP contribution in [0, 0.1) is 6.92 Å². The molecule has 1 saturated heterocycles. The summed E-state index contributed by atoms with van der Waals surface area (Å²) >= 11 is 6.13. The third kappa shape index (κ3) is 5.22. The topological polar surface area (TPSA) is 97.3 Å². The summed E-state index contributed by atoms with van der Waals surface area (Å²) in [5.41, 5.74) is 0.824. The minimum Gasteiger partial charge on any atom is -0.357 e. The van der Waals surface area contributed by atoms with Gasteiger partial charge in [0.1, 0.15) is 22.8 Å². The second kappa shape index (κ2) is 9.21. The van der Waals surface area contributed by atoms with Gasteiger partial charge in [-0.1, -0.05) is 18.2 Å². The van der Waals surface area contributed by atoms with Crippen molar-refractivity contribution in [2.75, 3.05) is 20.1 Å². The van der Waals surface area contributed by atoms with Crippen molar-refractivity contribution >= 4 is 23.4 Å². The van der Waals surface area contributed by atoms with Crippen LogP contribution >= 0.6 is 11.6 Å². The van der Waals surface area contributed by atoms with E-state index < -0.39 is 36.7 Å². The average Bonchev–Trinajstić information content (AvgIpc) is 2.76. The van der Waals surface area contributed by atoms with Crippen molar-refractivity contribution < 1.29 is 27.5 Å². The molecule has 2 aromatic heterocycles. The van der Waals surface area contributed by atoms with E-state index in [0.29, 0.717) is 5.82 Å². The lowest BCUT2D eigenvalue weighted by Gasteiger charge is -2.38. The molecular formula is C20H19ClF3N5O3. The molecule has 3 rings (SSSR count). The third-order valence-electron chi connectivity index (χ3n) is 4.70. The molecule has 12 heteroatoms. The summed E-state index contributed by atoms with van der Waals surface area (Å²) in [5, 5.41) is 2.43. The number of morpholine rings is 1. The van der Waals surface area contributed by atoms with Crippen LogP contribution in [0.4, 0.5) is 13.2 Å². The Hall–Kier alpha value is -3.05. The minimum atomic E-state index is -4.68. The Labute approximate surface area is 186 Å². The summed E-state index contributed by atoms with van der Waals surface area (Å²) < 4.78 is 45.5. The molecule has 1 N–H and O–H groups in total. The number of aryl methyl sites for hydroxylation is 1. The Bertz CT molecular complexity index is 1060. The molecule has 170 valence electrons. The van der Waals surface area contributed by atoms with Crippen LogP contribution in [0.25, 0.3) is 11.4 Å². The summed E-state index contributed by atoms with van der Waals surface area (Å²) in [6.07, 6.45) is -7.03. The zero-order valence-corrected chi connectivity index (χ0v) is 17.9. The third-order valence-corrected chi connectivity index (χ3v) is 4.89. The van der Waals surface area contributed by atoms with E-state index in [1.807, 2.05) is 0 Å². The number of aromatic nitrogens is 3. The fourth-order valence-corrected chi connectivity index (χ4v) is 3.43. The second-order valence-corrected chi connectivity index (χ2v) is 7.36. The number of hydrogen-bond donors (Lipinski definition) is 1. The van der Waals surface area contributed by atoms with Crippen LogP contribution in [0.2, 0.25) is 5.15 Å². The van der Waals surface area contributed by atoms with Crippen LogP contribution in [0.1, 0.15) is 28.0 Å².